The van der Waals surface area contributed by atoms with E-state index in [-0.39, 0.29) is 31.0 Å². The van der Waals surface area contributed by atoms with Crippen molar-refractivity contribution in [2.24, 2.45) is 0 Å². The predicted molar refractivity (Wildman–Crippen MR) is 102 cm³/mol. The smallest absolute Gasteiger partial charge is 0.360 e. The maximum Gasteiger partial charge on any atom is 0.360 e. The van der Waals surface area contributed by atoms with Gasteiger partial charge in [0.05, 0.1) is 36.6 Å². The lowest BCUT2D eigenvalue weighted by Gasteiger charge is -2.09. The molecule has 0 atom stereocenters. The number of carbonyl (C=O) groups excluding carboxylic acids is 2. The molecular weight excluding hydrogens is 384 g/mol. The second kappa shape index (κ2) is 8.35. The Morgan fingerprint density at radius 1 is 1.07 bits per heavy atom. The number of benzene rings is 1. The molecule has 0 bridgehead atoms. The van der Waals surface area contributed by atoms with E-state index < -0.39 is 11.9 Å². The Labute approximate surface area is 166 Å². The minimum Gasteiger partial charge on any atom is -0.466 e. The topological polar surface area (TPSA) is 95.7 Å². The summed E-state index contributed by atoms with van der Waals surface area (Å²) in [6.07, 6.45) is -0.185. The Kier molecular flexibility index (Phi) is 5.89. The highest BCUT2D eigenvalue weighted by molar-refractivity contribution is 6.30. The standard InChI is InChI=1S/C19H19ClN4O4/c1-4-27-15(25)10-14-17(19(26)28-5-2)21-22-18-16(11(3)23-24(14)18)12-6-8-13(20)9-7-12/h6-9H,4-5,10H2,1-3H3. The molecule has 146 valence electrons. The number of esters is 2. The monoisotopic (exact) mass is 402 g/mol. The van der Waals surface area contributed by atoms with Crippen LogP contribution < -0.4 is 0 Å². The van der Waals surface area contributed by atoms with E-state index in [2.05, 4.69) is 15.3 Å². The van der Waals surface area contributed by atoms with Crippen molar-refractivity contribution < 1.29 is 19.1 Å². The molecule has 28 heavy (non-hydrogen) atoms. The fourth-order valence-electron chi connectivity index (χ4n) is 2.87. The number of ether oxygens (including phenoxy) is 2. The van der Waals surface area contributed by atoms with Gasteiger partial charge in [0.15, 0.2) is 11.3 Å². The first kappa shape index (κ1) is 19.8. The molecule has 0 unspecified atom stereocenters. The maximum absolute atomic E-state index is 12.3. The molecule has 0 aliphatic heterocycles. The lowest BCUT2D eigenvalue weighted by Crippen LogP contribution is -2.20. The third-order valence-electron chi connectivity index (χ3n) is 4.03. The number of fused-ring (bicyclic) bond motifs is 1. The summed E-state index contributed by atoms with van der Waals surface area (Å²) in [6.45, 7) is 5.61. The van der Waals surface area contributed by atoms with Crippen LogP contribution in [0.25, 0.3) is 16.8 Å². The summed E-state index contributed by atoms with van der Waals surface area (Å²) in [4.78, 5) is 24.4. The third-order valence-corrected chi connectivity index (χ3v) is 4.28. The highest BCUT2D eigenvalue weighted by Gasteiger charge is 2.25. The van der Waals surface area contributed by atoms with Gasteiger partial charge in [-0.15, -0.1) is 10.2 Å². The van der Waals surface area contributed by atoms with Gasteiger partial charge in [0.25, 0.3) is 0 Å². The molecule has 1 aromatic carbocycles. The van der Waals surface area contributed by atoms with Crippen LogP contribution in [0.1, 0.15) is 35.7 Å². The summed E-state index contributed by atoms with van der Waals surface area (Å²) in [5, 5.41) is 13.3. The molecule has 0 aliphatic rings. The van der Waals surface area contributed by atoms with E-state index in [0.29, 0.717) is 16.4 Å². The number of aromatic nitrogens is 4. The van der Waals surface area contributed by atoms with Gasteiger partial charge in [-0.25, -0.2) is 9.31 Å². The molecule has 0 spiro atoms. The fraction of sp³-hybridized carbons (Fsp3) is 0.316. The van der Waals surface area contributed by atoms with Crippen LogP contribution in [0.5, 0.6) is 0 Å². The van der Waals surface area contributed by atoms with Crippen molar-refractivity contribution in [3.8, 4) is 11.1 Å². The highest BCUT2D eigenvalue weighted by atomic mass is 35.5. The second-order valence-corrected chi connectivity index (χ2v) is 6.34. The largest absolute Gasteiger partial charge is 0.466 e. The number of hydrogen-bond acceptors (Lipinski definition) is 7. The van der Waals surface area contributed by atoms with Gasteiger partial charge in [-0.2, -0.15) is 5.10 Å². The summed E-state index contributed by atoms with van der Waals surface area (Å²) in [7, 11) is 0. The van der Waals surface area contributed by atoms with Crippen LogP contribution in [0, 0.1) is 6.92 Å². The average molecular weight is 403 g/mol. The van der Waals surface area contributed by atoms with Gasteiger partial charge in [-0.3, -0.25) is 4.79 Å². The Morgan fingerprint density at radius 3 is 2.39 bits per heavy atom. The zero-order valence-electron chi connectivity index (χ0n) is 15.7. The minimum atomic E-state index is -0.669. The zero-order chi connectivity index (χ0) is 20.3. The highest BCUT2D eigenvalue weighted by Crippen LogP contribution is 2.29. The van der Waals surface area contributed by atoms with Crippen LogP contribution in [-0.2, 0) is 20.7 Å². The van der Waals surface area contributed by atoms with Crippen molar-refractivity contribution in [1.29, 1.82) is 0 Å². The Hall–Kier alpha value is -3.00. The van der Waals surface area contributed by atoms with Crippen molar-refractivity contribution in [3.05, 3.63) is 46.4 Å². The van der Waals surface area contributed by atoms with Crippen LogP contribution in [-0.4, -0.2) is 45.0 Å². The number of halogens is 1. The van der Waals surface area contributed by atoms with Crippen LogP contribution in [0.15, 0.2) is 24.3 Å². The number of hydrogen-bond donors (Lipinski definition) is 0. The van der Waals surface area contributed by atoms with Crippen molar-refractivity contribution in [2.45, 2.75) is 27.2 Å². The van der Waals surface area contributed by atoms with Crippen molar-refractivity contribution in [3.63, 3.8) is 0 Å². The Balaban J connectivity index is 2.20. The Morgan fingerprint density at radius 2 is 1.75 bits per heavy atom. The van der Waals surface area contributed by atoms with Crippen molar-refractivity contribution in [2.75, 3.05) is 13.2 Å². The van der Waals surface area contributed by atoms with E-state index in [4.69, 9.17) is 21.1 Å². The van der Waals surface area contributed by atoms with Gasteiger partial charge < -0.3 is 9.47 Å². The molecule has 0 amide bonds. The number of rotatable bonds is 6. The first-order valence-electron chi connectivity index (χ1n) is 8.79. The van der Waals surface area contributed by atoms with E-state index >= 15 is 0 Å². The van der Waals surface area contributed by atoms with Crippen molar-refractivity contribution >= 4 is 29.2 Å². The molecule has 0 radical (unpaired) electrons. The molecular formula is C19H19ClN4O4. The number of carbonyl (C=O) groups is 2. The quantitative estimate of drug-likeness (QED) is 0.584. The summed E-state index contributed by atoms with van der Waals surface area (Å²) in [5.41, 5.74) is 2.88. The average Bonchev–Trinajstić information content (AvgIpc) is 2.99. The van der Waals surface area contributed by atoms with Gasteiger partial charge in [0.2, 0.25) is 0 Å². The van der Waals surface area contributed by atoms with E-state index in [9.17, 15) is 9.59 Å². The van der Waals surface area contributed by atoms with Gasteiger partial charge in [-0.05, 0) is 38.5 Å². The molecule has 3 aromatic rings. The molecule has 0 saturated heterocycles. The molecule has 3 rings (SSSR count). The van der Waals surface area contributed by atoms with E-state index in [1.165, 1.54) is 4.52 Å². The minimum absolute atomic E-state index is 0.0624. The van der Waals surface area contributed by atoms with Gasteiger partial charge in [0.1, 0.15) is 0 Å². The first-order chi connectivity index (χ1) is 13.5. The summed E-state index contributed by atoms with van der Waals surface area (Å²) in [5.74, 6) is -1.17. The molecule has 2 aromatic heterocycles. The SMILES string of the molecule is CCOC(=O)Cc1c(C(=O)OCC)nnc2c(-c3ccc(Cl)cc3)c(C)nn12. The van der Waals surface area contributed by atoms with E-state index in [1.54, 1.807) is 26.0 Å². The lowest BCUT2D eigenvalue weighted by atomic mass is 10.1. The molecule has 8 nitrogen and oxygen atoms in total. The van der Waals surface area contributed by atoms with Crippen LogP contribution in [0.3, 0.4) is 0 Å². The Bertz CT molecular complexity index is 1030. The maximum atomic E-state index is 12.3. The predicted octanol–water partition coefficient (Wildman–Crippen LogP) is 3.04. The molecule has 0 fully saturated rings. The third kappa shape index (κ3) is 3.82. The first-order valence-corrected chi connectivity index (χ1v) is 9.17. The van der Waals surface area contributed by atoms with Crippen LogP contribution >= 0.6 is 11.6 Å². The lowest BCUT2D eigenvalue weighted by molar-refractivity contribution is -0.142. The van der Waals surface area contributed by atoms with E-state index in [0.717, 1.165) is 11.1 Å². The normalized spacial score (nSPS) is 10.9. The van der Waals surface area contributed by atoms with Crippen LogP contribution in [0.2, 0.25) is 5.02 Å². The number of aryl methyl sites for hydroxylation is 1. The summed E-state index contributed by atoms with van der Waals surface area (Å²) >= 11 is 5.98. The molecule has 0 saturated carbocycles. The zero-order valence-corrected chi connectivity index (χ0v) is 16.5. The second-order valence-electron chi connectivity index (χ2n) is 5.90. The summed E-state index contributed by atoms with van der Waals surface area (Å²) < 4.78 is 11.5. The molecule has 2 heterocycles. The van der Waals surface area contributed by atoms with E-state index in [1.807, 2.05) is 19.1 Å². The van der Waals surface area contributed by atoms with Gasteiger partial charge in [-0.1, -0.05) is 23.7 Å². The van der Waals surface area contributed by atoms with Crippen LogP contribution in [0.4, 0.5) is 0 Å². The van der Waals surface area contributed by atoms with Crippen molar-refractivity contribution in [1.82, 2.24) is 19.8 Å². The van der Waals surface area contributed by atoms with Gasteiger partial charge in [0, 0.05) is 5.02 Å². The summed E-state index contributed by atoms with van der Waals surface area (Å²) in [6, 6.07) is 7.22. The number of nitrogens with zero attached hydrogens (tertiary/aromatic N) is 4. The fourth-order valence-corrected chi connectivity index (χ4v) is 3.00. The molecule has 9 heteroatoms. The van der Waals surface area contributed by atoms with Gasteiger partial charge >= 0.3 is 11.9 Å². The molecule has 0 aliphatic carbocycles. The molecule has 0 N–H and O–H groups in total.